The van der Waals surface area contributed by atoms with Crippen LogP contribution in [0.15, 0.2) is 18.3 Å². The van der Waals surface area contributed by atoms with Crippen LogP contribution in [0.2, 0.25) is 0 Å². The molecule has 1 saturated heterocycles. The molecule has 0 radical (unpaired) electrons. The molecule has 2 heterocycles. The van der Waals surface area contributed by atoms with Crippen molar-refractivity contribution in [3.05, 3.63) is 24.0 Å². The molecular formula is C12H15N3O4. The number of aliphatic hydroxyl groups excluding tert-OH is 1. The summed E-state index contributed by atoms with van der Waals surface area (Å²) in [4.78, 5) is 28.1. The van der Waals surface area contributed by atoms with E-state index in [1.807, 2.05) is 0 Å². The van der Waals surface area contributed by atoms with Gasteiger partial charge in [0.25, 0.3) is 5.91 Å². The van der Waals surface area contributed by atoms with Gasteiger partial charge in [-0.3, -0.25) is 10.1 Å². The number of pyridine rings is 1. The second kappa shape index (κ2) is 5.66. The van der Waals surface area contributed by atoms with Crippen LogP contribution in [0.4, 0.5) is 10.5 Å². The minimum absolute atomic E-state index is 0.200. The number of carbonyl (C=O) groups is 2. The van der Waals surface area contributed by atoms with E-state index in [4.69, 9.17) is 5.11 Å². The fourth-order valence-corrected chi connectivity index (χ4v) is 1.95. The number of carbonyl (C=O) groups excluding carboxylic acids is 1. The highest BCUT2D eigenvalue weighted by molar-refractivity contribution is 5.93. The lowest BCUT2D eigenvalue weighted by Crippen LogP contribution is -2.40. The van der Waals surface area contributed by atoms with Crippen LogP contribution in [0.3, 0.4) is 0 Å². The molecule has 0 unspecified atom stereocenters. The number of nitrogens with zero attached hydrogens (tertiary/aromatic N) is 2. The monoisotopic (exact) mass is 265 g/mol. The SMILES string of the molecule is O=C(O)Nc1ccc(C(=O)N2CCC(O)CC2)nc1. The zero-order valence-electron chi connectivity index (χ0n) is 10.2. The minimum atomic E-state index is -1.18. The average Bonchev–Trinajstić information content (AvgIpc) is 2.39. The third kappa shape index (κ3) is 3.41. The Labute approximate surface area is 109 Å². The van der Waals surface area contributed by atoms with Crippen LogP contribution in [0.5, 0.6) is 0 Å². The maximum absolute atomic E-state index is 12.1. The van der Waals surface area contributed by atoms with Crippen LogP contribution in [0, 0.1) is 0 Å². The van der Waals surface area contributed by atoms with Gasteiger partial charge in [0.15, 0.2) is 0 Å². The fourth-order valence-electron chi connectivity index (χ4n) is 1.95. The average molecular weight is 265 g/mol. The smallest absolute Gasteiger partial charge is 0.409 e. The topological polar surface area (TPSA) is 103 Å². The predicted octanol–water partition coefficient (Wildman–Crippen LogP) is 0.768. The van der Waals surface area contributed by atoms with Crippen molar-refractivity contribution in [2.45, 2.75) is 18.9 Å². The third-order valence-electron chi connectivity index (χ3n) is 2.99. The van der Waals surface area contributed by atoms with Gasteiger partial charge in [0.2, 0.25) is 0 Å². The lowest BCUT2D eigenvalue weighted by atomic mass is 10.1. The van der Waals surface area contributed by atoms with E-state index < -0.39 is 6.09 Å². The number of aromatic nitrogens is 1. The number of piperidine rings is 1. The molecule has 1 aromatic rings. The first-order valence-electron chi connectivity index (χ1n) is 5.99. The van der Waals surface area contributed by atoms with E-state index in [-0.39, 0.29) is 17.7 Å². The van der Waals surface area contributed by atoms with Crippen LogP contribution in [-0.4, -0.2) is 51.3 Å². The number of amides is 2. The Morgan fingerprint density at radius 3 is 2.53 bits per heavy atom. The van der Waals surface area contributed by atoms with Gasteiger partial charge in [-0.1, -0.05) is 0 Å². The molecular weight excluding hydrogens is 250 g/mol. The van der Waals surface area contributed by atoms with E-state index in [9.17, 15) is 14.7 Å². The maximum atomic E-state index is 12.1. The summed E-state index contributed by atoms with van der Waals surface area (Å²) >= 11 is 0. The summed E-state index contributed by atoms with van der Waals surface area (Å²) in [7, 11) is 0. The molecule has 1 fully saturated rings. The quantitative estimate of drug-likeness (QED) is 0.732. The van der Waals surface area contributed by atoms with Crippen LogP contribution >= 0.6 is 0 Å². The first-order chi connectivity index (χ1) is 9.06. The standard InChI is InChI=1S/C12H15N3O4/c16-9-3-5-15(6-4-9)11(17)10-2-1-8(7-13-10)14-12(18)19/h1-2,7,9,14,16H,3-6H2,(H,18,19). The molecule has 1 aliphatic rings. The van der Waals surface area contributed by atoms with Crippen molar-refractivity contribution in [2.75, 3.05) is 18.4 Å². The number of hydrogen-bond donors (Lipinski definition) is 3. The van der Waals surface area contributed by atoms with E-state index in [1.165, 1.54) is 18.3 Å². The van der Waals surface area contributed by atoms with E-state index in [2.05, 4.69) is 10.3 Å². The van der Waals surface area contributed by atoms with Gasteiger partial charge in [-0.2, -0.15) is 0 Å². The predicted molar refractivity (Wildman–Crippen MR) is 67.0 cm³/mol. The van der Waals surface area contributed by atoms with Crippen molar-refractivity contribution in [1.29, 1.82) is 0 Å². The summed E-state index contributed by atoms with van der Waals surface area (Å²) in [5.41, 5.74) is 0.588. The van der Waals surface area contributed by atoms with Crippen molar-refractivity contribution in [1.82, 2.24) is 9.88 Å². The molecule has 0 spiro atoms. The lowest BCUT2D eigenvalue weighted by molar-refractivity contribution is 0.0541. The molecule has 0 aromatic carbocycles. The molecule has 2 rings (SSSR count). The van der Waals surface area contributed by atoms with E-state index >= 15 is 0 Å². The fraction of sp³-hybridized carbons (Fsp3) is 0.417. The Balaban J connectivity index is 2.01. The number of anilines is 1. The second-order valence-electron chi connectivity index (χ2n) is 4.39. The molecule has 0 atom stereocenters. The Hall–Kier alpha value is -2.15. The molecule has 0 aliphatic carbocycles. The van der Waals surface area contributed by atoms with E-state index in [1.54, 1.807) is 4.90 Å². The summed E-state index contributed by atoms with van der Waals surface area (Å²) in [5.74, 6) is -0.200. The molecule has 0 bridgehead atoms. The van der Waals surface area contributed by atoms with Crippen LogP contribution in [0.25, 0.3) is 0 Å². The minimum Gasteiger partial charge on any atom is -0.465 e. The lowest BCUT2D eigenvalue weighted by Gasteiger charge is -2.29. The van der Waals surface area contributed by atoms with Gasteiger partial charge in [0.1, 0.15) is 5.69 Å². The molecule has 1 aliphatic heterocycles. The van der Waals surface area contributed by atoms with Crippen LogP contribution < -0.4 is 5.32 Å². The highest BCUT2D eigenvalue weighted by Crippen LogP contribution is 2.14. The van der Waals surface area contributed by atoms with Crippen LogP contribution in [-0.2, 0) is 0 Å². The first-order valence-corrected chi connectivity index (χ1v) is 5.99. The Bertz CT molecular complexity index is 466. The van der Waals surface area contributed by atoms with Crippen molar-refractivity contribution < 1.29 is 19.8 Å². The van der Waals surface area contributed by atoms with Gasteiger partial charge < -0.3 is 15.1 Å². The van der Waals surface area contributed by atoms with Crippen molar-refractivity contribution in [3.63, 3.8) is 0 Å². The zero-order chi connectivity index (χ0) is 13.8. The van der Waals surface area contributed by atoms with Crippen molar-refractivity contribution in [3.8, 4) is 0 Å². The zero-order valence-corrected chi connectivity index (χ0v) is 10.2. The molecule has 102 valence electrons. The first kappa shape index (κ1) is 13.3. The number of nitrogens with one attached hydrogen (secondary N) is 1. The summed E-state index contributed by atoms with van der Waals surface area (Å²) in [6.07, 6.45) is 0.944. The van der Waals surface area contributed by atoms with Gasteiger partial charge in [-0.25, -0.2) is 9.78 Å². The maximum Gasteiger partial charge on any atom is 0.409 e. The molecule has 19 heavy (non-hydrogen) atoms. The molecule has 7 nitrogen and oxygen atoms in total. The third-order valence-corrected chi connectivity index (χ3v) is 2.99. The van der Waals surface area contributed by atoms with E-state index in [0.29, 0.717) is 31.6 Å². The van der Waals surface area contributed by atoms with Gasteiger partial charge in [-0.15, -0.1) is 0 Å². The number of carboxylic acid groups (broad SMARTS) is 1. The number of rotatable bonds is 2. The van der Waals surface area contributed by atoms with E-state index in [0.717, 1.165) is 0 Å². The number of likely N-dealkylation sites (tertiary alicyclic amines) is 1. The number of aliphatic hydroxyl groups is 1. The highest BCUT2D eigenvalue weighted by atomic mass is 16.4. The second-order valence-corrected chi connectivity index (χ2v) is 4.39. The van der Waals surface area contributed by atoms with Gasteiger partial charge >= 0.3 is 6.09 Å². The molecule has 2 amide bonds. The Kier molecular flexibility index (Phi) is 3.96. The largest absolute Gasteiger partial charge is 0.465 e. The van der Waals surface area contributed by atoms with Crippen molar-refractivity contribution >= 4 is 17.7 Å². The normalized spacial score (nSPS) is 16.2. The van der Waals surface area contributed by atoms with Gasteiger partial charge in [0, 0.05) is 13.1 Å². The number of hydrogen-bond acceptors (Lipinski definition) is 4. The van der Waals surface area contributed by atoms with Crippen molar-refractivity contribution in [2.24, 2.45) is 0 Å². The van der Waals surface area contributed by atoms with Gasteiger partial charge in [-0.05, 0) is 25.0 Å². The summed E-state index contributed by atoms with van der Waals surface area (Å²) in [5, 5.41) is 20.1. The summed E-state index contributed by atoms with van der Waals surface area (Å²) in [6, 6.07) is 2.98. The van der Waals surface area contributed by atoms with Crippen LogP contribution in [0.1, 0.15) is 23.3 Å². The molecule has 7 heteroatoms. The summed E-state index contributed by atoms with van der Waals surface area (Å²) in [6.45, 7) is 1.02. The Morgan fingerprint density at radius 1 is 1.32 bits per heavy atom. The highest BCUT2D eigenvalue weighted by Gasteiger charge is 2.22. The van der Waals surface area contributed by atoms with Gasteiger partial charge in [0.05, 0.1) is 18.0 Å². The Morgan fingerprint density at radius 2 is 2.00 bits per heavy atom. The summed E-state index contributed by atoms with van der Waals surface area (Å²) < 4.78 is 0. The molecule has 0 saturated carbocycles. The molecule has 1 aromatic heterocycles. The molecule has 3 N–H and O–H groups in total.